The lowest BCUT2D eigenvalue weighted by atomic mass is 10.1. The Bertz CT molecular complexity index is 625. The molecular formula is C13H15N3O7. The van der Waals surface area contributed by atoms with Gasteiger partial charge in [0.1, 0.15) is 6.04 Å². The molecule has 0 unspecified atom stereocenters. The average molecular weight is 325 g/mol. The number of amides is 1. The van der Waals surface area contributed by atoms with Crippen molar-refractivity contribution in [2.24, 2.45) is 0 Å². The Labute approximate surface area is 130 Å². The van der Waals surface area contributed by atoms with Crippen molar-refractivity contribution in [3.05, 3.63) is 44.0 Å². The Morgan fingerprint density at radius 3 is 1.91 bits per heavy atom. The number of non-ortho nitro benzene ring substituents is 2. The minimum Gasteiger partial charge on any atom is -0.461 e. The van der Waals surface area contributed by atoms with Crippen LogP contribution in [0.25, 0.3) is 0 Å². The van der Waals surface area contributed by atoms with Gasteiger partial charge in [-0.15, -0.1) is 0 Å². The van der Waals surface area contributed by atoms with E-state index in [4.69, 9.17) is 4.74 Å². The highest BCUT2D eigenvalue weighted by molar-refractivity contribution is 5.97. The first-order valence-corrected chi connectivity index (χ1v) is 6.57. The second-order valence-electron chi connectivity index (χ2n) is 4.93. The van der Waals surface area contributed by atoms with Crippen LogP contribution in [0.15, 0.2) is 18.2 Å². The van der Waals surface area contributed by atoms with E-state index in [9.17, 15) is 29.8 Å². The van der Waals surface area contributed by atoms with Gasteiger partial charge in [0.15, 0.2) is 0 Å². The number of nitrogens with zero attached hydrogens (tertiary/aromatic N) is 2. The van der Waals surface area contributed by atoms with Crippen LogP contribution < -0.4 is 5.32 Å². The van der Waals surface area contributed by atoms with E-state index in [1.807, 2.05) is 0 Å². The molecule has 10 heteroatoms. The number of ether oxygens (including phenoxy) is 1. The summed E-state index contributed by atoms with van der Waals surface area (Å²) in [6.07, 6.45) is -0.374. The zero-order chi connectivity index (χ0) is 17.7. The summed E-state index contributed by atoms with van der Waals surface area (Å²) in [5.74, 6) is -1.54. The SMILES string of the molecule is CC(C)OC(=O)[C@@H](C)NC(=O)c1cc([N+](=O)[O-])cc([N+](=O)[O-])c1. The molecule has 0 radical (unpaired) electrons. The van der Waals surface area contributed by atoms with Crippen LogP contribution in [0.4, 0.5) is 11.4 Å². The minimum absolute atomic E-state index is 0.296. The standard InChI is InChI=1S/C13H15N3O7/c1-7(2)23-13(18)8(3)14-12(17)9-4-10(15(19)20)6-11(5-9)16(21)22/h4-8H,1-3H3,(H,14,17)/t8-/m1/s1. The third-order valence-electron chi connectivity index (χ3n) is 2.64. The van der Waals surface area contributed by atoms with Gasteiger partial charge in [-0.2, -0.15) is 0 Å². The minimum atomic E-state index is -1.01. The van der Waals surface area contributed by atoms with Crippen LogP contribution in [-0.2, 0) is 9.53 Å². The van der Waals surface area contributed by atoms with Crippen molar-refractivity contribution in [1.29, 1.82) is 0 Å². The molecular weight excluding hydrogens is 310 g/mol. The molecule has 0 bridgehead atoms. The van der Waals surface area contributed by atoms with Crippen molar-refractivity contribution in [3.63, 3.8) is 0 Å². The first-order valence-electron chi connectivity index (χ1n) is 6.57. The smallest absolute Gasteiger partial charge is 0.328 e. The second kappa shape index (κ2) is 7.29. The van der Waals surface area contributed by atoms with Gasteiger partial charge in [-0.25, -0.2) is 4.79 Å². The van der Waals surface area contributed by atoms with Crippen LogP contribution in [0.3, 0.4) is 0 Å². The van der Waals surface area contributed by atoms with Crippen molar-refractivity contribution < 1.29 is 24.2 Å². The highest BCUT2D eigenvalue weighted by Gasteiger charge is 2.23. The molecule has 0 aliphatic heterocycles. The largest absolute Gasteiger partial charge is 0.461 e. The number of esters is 1. The molecule has 1 aromatic carbocycles. The Morgan fingerprint density at radius 2 is 1.52 bits per heavy atom. The fourth-order valence-corrected chi connectivity index (χ4v) is 1.61. The van der Waals surface area contributed by atoms with Crippen molar-refractivity contribution in [2.45, 2.75) is 32.9 Å². The number of nitro groups is 2. The monoisotopic (exact) mass is 325 g/mol. The molecule has 10 nitrogen and oxygen atoms in total. The molecule has 0 spiro atoms. The van der Waals surface area contributed by atoms with Crippen LogP contribution >= 0.6 is 0 Å². The first-order chi connectivity index (χ1) is 10.6. The second-order valence-corrected chi connectivity index (χ2v) is 4.93. The molecule has 1 atom stereocenters. The van der Waals surface area contributed by atoms with E-state index in [-0.39, 0.29) is 11.7 Å². The Kier molecular flexibility index (Phi) is 5.71. The summed E-state index contributed by atoms with van der Waals surface area (Å²) in [6.45, 7) is 4.64. The van der Waals surface area contributed by atoms with Crippen LogP contribution in [0.1, 0.15) is 31.1 Å². The van der Waals surface area contributed by atoms with Gasteiger partial charge in [-0.3, -0.25) is 25.0 Å². The lowest BCUT2D eigenvalue weighted by Gasteiger charge is -2.15. The fraction of sp³-hybridized carbons (Fsp3) is 0.385. The number of carbonyl (C=O) groups is 2. The molecule has 1 amide bonds. The van der Waals surface area contributed by atoms with Gasteiger partial charge in [0.25, 0.3) is 17.3 Å². The van der Waals surface area contributed by atoms with Crippen LogP contribution in [0, 0.1) is 20.2 Å². The lowest BCUT2D eigenvalue weighted by molar-refractivity contribution is -0.394. The van der Waals surface area contributed by atoms with Crippen molar-refractivity contribution in [3.8, 4) is 0 Å². The molecule has 1 N–H and O–H groups in total. The van der Waals surface area contributed by atoms with Gasteiger partial charge in [-0.1, -0.05) is 0 Å². The van der Waals surface area contributed by atoms with Crippen molar-refractivity contribution in [2.75, 3.05) is 0 Å². The molecule has 0 heterocycles. The highest BCUT2D eigenvalue weighted by Crippen LogP contribution is 2.22. The van der Waals surface area contributed by atoms with E-state index in [0.29, 0.717) is 0 Å². The Balaban J connectivity index is 3.01. The van der Waals surface area contributed by atoms with E-state index in [1.165, 1.54) is 6.92 Å². The van der Waals surface area contributed by atoms with Gasteiger partial charge in [0, 0.05) is 12.1 Å². The first kappa shape index (κ1) is 18.0. The number of carbonyl (C=O) groups excluding carboxylic acids is 2. The average Bonchev–Trinajstić information content (AvgIpc) is 2.45. The Morgan fingerprint density at radius 1 is 1.04 bits per heavy atom. The number of nitro benzene ring substituents is 2. The van der Waals surface area contributed by atoms with Gasteiger partial charge in [0.05, 0.1) is 27.6 Å². The van der Waals surface area contributed by atoms with E-state index in [1.54, 1.807) is 13.8 Å². The van der Waals surface area contributed by atoms with Gasteiger partial charge in [-0.05, 0) is 20.8 Å². The third kappa shape index (κ3) is 5.02. The lowest BCUT2D eigenvalue weighted by Crippen LogP contribution is -2.40. The molecule has 0 saturated carbocycles. The molecule has 1 aromatic rings. The van der Waals surface area contributed by atoms with E-state index < -0.39 is 39.1 Å². The summed E-state index contributed by atoms with van der Waals surface area (Å²) < 4.78 is 4.90. The molecule has 0 saturated heterocycles. The molecule has 0 aromatic heterocycles. The third-order valence-corrected chi connectivity index (χ3v) is 2.64. The topological polar surface area (TPSA) is 142 Å². The number of hydrogen-bond donors (Lipinski definition) is 1. The molecule has 124 valence electrons. The number of hydrogen-bond acceptors (Lipinski definition) is 7. The maximum Gasteiger partial charge on any atom is 0.328 e. The van der Waals surface area contributed by atoms with E-state index >= 15 is 0 Å². The van der Waals surface area contributed by atoms with Gasteiger partial charge in [0.2, 0.25) is 0 Å². The summed E-state index contributed by atoms with van der Waals surface area (Å²) in [5.41, 5.74) is -1.49. The quantitative estimate of drug-likeness (QED) is 0.475. The van der Waals surface area contributed by atoms with Crippen LogP contribution in [-0.4, -0.2) is 33.9 Å². The van der Waals surface area contributed by atoms with Crippen LogP contribution in [0.2, 0.25) is 0 Å². The summed E-state index contributed by atoms with van der Waals surface area (Å²) in [7, 11) is 0. The summed E-state index contributed by atoms with van der Waals surface area (Å²) in [5, 5.41) is 23.8. The molecule has 1 rings (SSSR count). The predicted molar refractivity (Wildman–Crippen MR) is 77.9 cm³/mol. The molecule has 0 aliphatic rings. The number of rotatable bonds is 6. The van der Waals surface area contributed by atoms with Gasteiger partial charge >= 0.3 is 5.97 Å². The number of nitrogens with one attached hydrogen (secondary N) is 1. The molecule has 0 aliphatic carbocycles. The van der Waals surface area contributed by atoms with Crippen LogP contribution in [0.5, 0.6) is 0 Å². The van der Waals surface area contributed by atoms with E-state index in [0.717, 1.165) is 18.2 Å². The summed E-state index contributed by atoms with van der Waals surface area (Å²) in [4.78, 5) is 43.5. The predicted octanol–water partition coefficient (Wildman–Crippen LogP) is 1.57. The normalized spacial score (nSPS) is 11.7. The summed E-state index contributed by atoms with van der Waals surface area (Å²) in [6, 6.07) is 1.52. The van der Waals surface area contributed by atoms with Gasteiger partial charge < -0.3 is 10.1 Å². The zero-order valence-electron chi connectivity index (χ0n) is 12.6. The highest BCUT2D eigenvalue weighted by atomic mass is 16.6. The zero-order valence-corrected chi connectivity index (χ0v) is 12.6. The van der Waals surface area contributed by atoms with E-state index in [2.05, 4.69) is 5.32 Å². The molecule has 23 heavy (non-hydrogen) atoms. The maximum absolute atomic E-state index is 12.0. The Hall–Kier alpha value is -3.04. The number of benzene rings is 1. The molecule has 0 fully saturated rings. The fourth-order valence-electron chi connectivity index (χ4n) is 1.61. The summed E-state index contributed by atoms with van der Waals surface area (Å²) >= 11 is 0. The maximum atomic E-state index is 12.0. The van der Waals surface area contributed by atoms with Crippen molar-refractivity contribution in [1.82, 2.24) is 5.32 Å². The van der Waals surface area contributed by atoms with Crippen molar-refractivity contribution >= 4 is 23.3 Å².